The number of benzene rings is 1. The van der Waals surface area contributed by atoms with E-state index in [-0.39, 0.29) is 0 Å². The lowest BCUT2D eigenvalue weighted by Crippen LogP contribution is -2.35. The highest BCUT2D eigenvalue weighted by molar-refractivity contribution is 8.00. The zero-order chi connectivity index (χ0) is 12.8. The van der Waals surface area contributed by atoms with Crippen LogP contribution >= 0.6 is 11.8 Å². The summed E-state index contributed by atoms with van der Waals surface area (Å²) >= 11 is 2.02. The first-order chi connectivity index (χ1) is 9.29. The molecule has 19 heavy (non-hydrogen) atoms. The molecule has 1 aliphatic heterocycles. The Morgan fingerprint density at radius 2 is 2.11 bits per heavy atom. The SMILES string of the molecule is NC(CC1CC2CCC1C2)C1Cc2ccccc2S1. The van der Waals surface area contributed by atoms with E-state index in [2.05, 4.69) is 24.3 Å². The fourth-order valence-electron chi connectivity index (χ4n) is 4.61. The zero-order valence-electron chi connectivity index (χ0n) is 11.4. The minimum atomic E-state index is 0.391. The molecule has 1 aromatic carbocycles. The number of hydrogen-bond acceptors (Lipinski definition) is 2. The second kappa shape index (κ2) is 4.82. The summed E-state index contributed by atoms with van der Waals surface area (Å²) in [7, 11) is 0. The van der Waals surface area contributed by atoms with E-state index in [9.17, 15) is 0 Å². The molecule has 2 fully saturated rings. The fraction of sp³-hybridized carbons (Fsp3) is 0.647. The van der Waals surface area contributed by atoms with Crippen molar-refractivity contribution in [3.63, 3.8) is 0 Å². The smallest absolute Gasteiger partial charge is 0.0287 e. The van der Waals surface area contributed by atoms with E-state index in [1.165, 1.54) is 49.0 Å². The Morgan fingerprint density at radius 1 is 1.21 bits per heavy atom. The van der Waals surface area contributed by atoms with Crippen molar-refractivity contribution in [2.75, 3.05) is 0 Å². The predicted molar refractivity (Wildman–Crippen MR) is 81.3 cm³/mol. The van der Waals surface area contributed by atoms with Crippen LogP contribution in [0.25, 0.3) is 0 Å². The Bertz CT molecular complexity index is 447. The first-order valence-electron chi connectivity index (χ1n) is 7.79. The van der Waals surface area contributed by atoms with Gasteiger partial charge in [-0.25, -0.2) is 0 Å². The highest BCUT2D eigenvalue weighted by atomic mass is 32.2. The number of hydrogen-bond donors (Lipinski definition) is 1. The van der Waals surface area contributed by atoms with Gasteiger partial charge in [0.05, 0.1) is 0 Å². The van der Waals surface area contributed by atoms with Crippen molar-refractivity contribution in [1.82, 2.24) is 0 Å². The maximum absolute atomic E-state index is 6.55. The van der Waals surface area contributed by atoms with E-state index in [1.807, 2.05) is 11.8 Å². The molecular formula is C17H23NS. The van der Waals surface area contributed by atoms with Gasteiger partial charge in [-0.3, -0.25) is 0 Å². The first kappa shape index (κ1) is 12.3. The molecular weight excluding hydrogens is 250 g/mol. The number of rotatable bonds is 3. The lowest BCUT2D eigenvalue weighted by Gasteiger charge is -2.27. The minimum Gasteiger partial charge on any atom is -0.327 e. The van der Waals surface area contributed by atoms with Crippen LogP contribution in [0.3, 0.4) is 0 Å². The first-order valence-corrected chi connectivity index (χ1v) is 8.67. The monoisotopic (exact) mass is 273 g/mol. The van der Waals surface area contributed by atoms with Crippen molar-refractivity contribution in [3.05, 3.63) is 29.8 Å². The third kappa shape index (κ3) is 2.23. The van der Waals surface area contributed by atoms with Crippen molar-refractivity contribution in [1.29, 1.82) is 0 Å². The minimum absolute atomic E-state index is 0.391. The lowest BCUT2D eigenvalue weighted by atomic mass is 9.83. The highest BCUT2D eigenvalue weighted by Crippen LogP contribution is 2.50. The van der Waals surface area contributed by atoms with Crippen LogP contribution in [0.2, 0.25) is 0 Å². The van der Waals surface area contributed by atoms with Crippen LogP contribution in [0.5, 0.6) is 0 Å². The molecule has 3 aliphatic rings. The van der Waals surface area contributed by atoms with E-state index in [0.29, 0.717) is 11.3 Å². The Morgan fingerprint density at radius 3 is 2.84 bits per heavy atom. The Labute approximate surface area is 120 Å². The molecule has 2 aliphatic carbocycles. The van der Waals surface area contributed by atoms with Gasteiger partial charge in [0, 0.05) is 16.2 Å². The van der Waals surface area contributed by atoms with Gasteiger partial charge in [0.2, 0.25) is 0 Å². The molecule has 2 heteroatoms. The maximum Gasteiger partial charge on any atom is 0.0287 e. The molecule has 0 radical (unpaired) electrons. The quantitative estimate of drug-likeness (QED) is 0.905. The van der Waals surface area contributed by atoms with Crippen LogP contribution in [0, 0.1) is 17.8 Å². The Kier molecular flexibility index (Phi) is 3.12. The van der Waals surface area contributed by atoms with Gasteiger partial charge in [-0.1, -0.05) is 24.6 Å². The van der Waals surface area contributed by atoms with E-state index >= 15 is 0 Å². The average molecular weight is 273 g/mol. The zero-order valence-corrected chi connectivity index (χ0v) is 12.2. The largest absolute Gasteiger partial charge is 0.327 e. The van der Waals surface area contributed by atoms with Gasteiger partial charge in [-0.05, 0) is 61.5 Å². The van der Waals surface area contributed by atoms with E-state index in [4.69, 9.17) is 5.73 Å². The molecule has 1 aromatic rings. The van der Waals surface area contributed by atoms with Crippen molar-refractivity contribution in [2.45, 2.75) is 54.7 Å². The van der Waals surface area contributed by atoms with Crippen LogP contribution in [0.15, 0.2) is 29.2 Å². The van der Waals surface area contributed by atoms with Crippen LogP contribution in [0.1, 0.15) is 37.7 Å². The highest BCUT2D eigenvalue weighted by Gasteiger charge is 2.41. The number of fused-ring (bicyclic) bond motifs is 3. The predicted octanol–water partition coefficient (Wildman–Crippen LogP) is 3.86. The molecule has 0 saturated heterocycles. The summed E-state index contributed by atoms with van der Waals surface area (Å²) in [6.45, 7) is 0. The van der Waals surface area contributed by atoms with Gasteiger partial charge in [0.15, 0.2) is 0 Å². The van der Waals surface area contributed by atoms with E-state index in [0.717, 1.165) is 17.8 Å². The molecule has 2 saturated carbocycles. The molecule has 102 valence electrons. The van der Waals surface area contributed by atoms with Crippen LogP contribution in [0.4, 0.5) is 0 Å². The third-order valence-corrected chi connectivity index (χ3v) is 7.08. The molecule has 2 bridgehead atoms. The molecule has 0 spiro atoms. The fourth-order valence-corrected chi connectivity index (χ4v) is 5.95. The van der Waals surface area contributed by atoms with Gasteiger partial charge in [-0.2, -0.15) is 0 Å². The van der Waals surface area contributed by atoms with Gasteiger partial charge in [0.1, 0.15) is 0 Å². The normalized spacial score (nSPS) is 37.5. The second-order valence-electron chi connectivity index (χ2n) is 6.80. The summed E-state index contributed by atoms with van der Waals surface area (Å²) < 4.78 is 0. The van der Waals surface area contributed by atoms with Gasteiger partial charge < -0.3 is 5.73 Å². The van der Waals surface area contributed by atoms with Crippen LogP contribution < -0.4 is 5.73 Å². The van der Waals surface area contributed by atoms with Crippen molar-refractivity contribution >= 4 is 11.8 Å². The topological polar surface area (TPSA) is 26.0 Å². The van der Waals surface area contributed by atoms with Gasteiger partial charge >= 0.3 is 0 Å². The lowest BCUT2D eigenvalue weighted by molar-refractivity contribution is 0.293. The number of thioether (sulfide) groups is 1. The summed E-state index contributed by atoms with van der Waals surface area (Å²) in [4.78, 5) is 1.47. The molecule has 1 heterocycles. The van der Waals surface area contributed by atoms with E-state index < -0.39 is 0 Å². The second-order valence-corrected chi connectivity index (χ2v) is 8.08. The van der Waals surface area contributed by atoms with Gasteiger partial charge in [-0.15, -0.1) is 11.8 Å². The van der Waals surface area contributed by atoms with Crippen molar-refractivity contribution in [2.24, 2.45) is 23.5 Å². The summed E-state index contributed by atoms with van der Waals surface area (Å²) in [6, 6.07) is 9.22. The van der Waals surface area contributed by atoms with Crippen LogP contribution in [-0.4, -0.2) is 11.3 Å². The Balaban J connectivity index is 1.39. The molecule has 5 unspecified atom stereocenters. The summed E-state index contributed by atoms with van der Waals surface area (Å²) in [6.07, 6.45) is 8.42. The van der Waals surface area contributed by atoms with E-state index in [1.54, 1.807) is 0 Å². The molecule has 5 atom stereocenters. The molecule has 0 aromatic heterocycles. The van der Waals surface area contributed by atoms with Crippen LogP contribution in [-0.2, 0) is 6.42 Å². The molecule has 4 rings (SSSR count). The Hall–Kier alpha value is -0.470. The standard InChI is InChI=1S/C17H23NS/c18-15(9-14-8-11-5-6-12(14)7-11)17-10-13-3-1-2-4-16(13)19-17/h1-4,11-12,14-15,17H,5-10,18H2. The number of nitrogens with two attached hydrogens (primary N) is 1. The van der Waals surface area contributed by atoms with Crippen molar-refractivity contribution < 1.29 is 0 Å². The summed E-state index contributed by atoms with van der Waals surface area (Å²) in [5.41, 5.74) is 8.06. The summed E-state index contributed by atoms with van der Waals surface area (Å²) in [5.74, 6) is 3.01. The van der Waals surface area contributed by atoms with Crippen molar-refractivity contribution in [3.8, 4) is 0 Å². The van der Waals surface area contributed by atoms with Gasteiger partial charge in [0.25, 0.3) is 0 Å². The average Bonchev–Trinajstić information content (AvgIpc) is 3.12. The summed E-state index contributed by atoms with van der Waals surface area (Å²) in [5, 5.41) is 0.622. The third-order valence-electron chi connectivity index (χ3n) is 5.61. The molecule has 2 N–H and O–H groups in total. The molecule has 1 nitrogen and oxygen atoms in total. The maximum atomic E-state index is 6.55. The molecule has 0 amide bonds.